The van der Waals surface area contributed by atoms with Crippen molar-refractivity contribution in [2.24, 2.45) is 0 Å². The summed E-state index contributed by atoms with van der Waals surface area (Å²) < 4.78 is 65.1. The van der Waals surface area contributed by atoms with Gasteiger partial charge >= 0.3 is 12.2 Å². The van der Waals surface area contributed by atoms with Crippen molar-refractivity contribution in [2.45, 2.75) is 49.2 Å². The van der Waals surface area contributed by atoms with E-state index in [0.29, 0.717) is 6.07 Å². The van der Waals surface area contributed by atoms with Crippen LogP contribution in [0.1, 0.15) is 37.7 Å². The van der Waals surface area contributed by atoms with E-state index in [0.717, 1.165) is 48.2 Å². The maximum Gasteiger partial charge on any atom is 0.416 e. The molecule has 1 aromatic carbocycles. The zero-order valence-corrected chi connectivity index (χ0v) is 16.2. The van der Waals surface area contributed by atoms with E-state index in [1.54, 1.807) is 4.90 Å². The van der Waals surface area contributed by atoms with E-state index in [4.69, 9.17) is 0 Å². The molecule has 0 bridgehead atoms. The van der Waals surface area contributed by atoms with Crippen LogP contribution in [0.4, 0.5) is 18.0 Å². The fourth-order valence-corrected chi connectivity index (χ4v) is 5.09. The molecule has 1 heterocycles. The molecule has 1 aliphatic heterocycles. The molecule has 0 aromatic heterocycles. The minimum Gasteiger partial charge on any atom is -0.335 e. The lowest BCUT2D eigenvalue weighted by Gasteiger charge is -2.35. The maximum atomic E-state index is 12.9. The van der Waals surface area contributed by atoms with E-state index >= 15 is 0 Å². The van der Waals surface area contributed by atoms with Gasteiger partial charge in [0.2, 0.25) is 10.0 Å². The molecule has 10 heteroatoms. The number of halogens is 3. The number of nitrogens with zero attached hydrogens (tertiary/aromatic N) is 2. The lowest BCUT2D eigenvalue weighted by Crippen LogP contribution is -2.54. The van der Waals surface area contributed by atoms with Crippen LogP contribution < -0.4 is 5.32 Å². The summed E-state index contributed by atoms with van der Waals surface area (Å²) in [5.74, 6) is 0. The summed E-state index contributed by atoms with van der Waals surface area (Å²) in [4.78, 5) is 13.5. The van der Waals surface area contributed by atoms with Gasteiger partial charge in [-0.2, -0.15) is 17.5 Å². The van der Waals surface area contributed by atoms with Gasteiger partial charge in [0.1, 0.15) is 0 Å². The third-order valence-electron chi connectivity index (χ3n) is 5.26. The minimum atomic E-state index is -4.61. The smallest absolute Gasteiger partial charge is 0.335 e. The monoisotopic (exact) mass is 419 g/mol. The van der Waals surface area contributed by atoms with E-state index in [1.807, 2.05) is 0 Å². The molecule has 0 spiro atoms. The highest BCUT2D eigenvalue weighted by atomic mass is 32.2. The maximum absolute atomic E-state index is 12.9. The number of piperazine rings is 1. The Morgan fingerprint density at radius 3 is 2.29 bits per heavy atom. The number of benzene rings is 1. The van der Waals surface area contributed by atoms with Crippen molar-refractivity contribution in [1.82, 2.24) is 14.5 Å². The summed E-state index contributed by atoms with van der Waals surface area (Å²) >= 11 is 0. The fourth-order valence-electron chi connectivity index (χ4n) is 3.63. The Morgan fingerprint density at radius 2 is 1.68 bits per heavy atom. The number of amides is 2. The van der Waals surface area contributed by atoms with Crippen molar-refractivity contribution in [3.63, 3.8) is 0 Å². The molecule has 2 aliphatic rings. The number of alkyl halides is 3. The van der Waals surface area contributed by atoms with Gasteiger partial charge in [-0.25, -0.2) is 13.2 Å². The number of nitrogens with one attached hydrogen (secondary N) is 1. The second-order valence-corrected chi connectivity index (χ2v) is 9.14. The molecule has 1 aliphatic carbocycles. The van der Waals surface area contributed by atoms with Crippen LogP contribution in [0.25, 0.3) is 0 Å². The van der Waals surface area contributed by atoms with Gasteiger partial charge in [0.25, 0.3) is 0 Å². The SMILES string of the molecule is O=C(NC1CCCCC1)N1CCN(S(=O)(=O)c2cccc(C(F)(F)F)c2)CC1. The molecule has 2 amide bonds. The normalized spacial score (nSPS) is 20.2. The third-order valence-corrected chi connectivity index (χ3v) is 7.15. The van der Waals surface area contributed by atoms with E-state index in [2.05, 4.69) is 5.32 Å². The number of hydrogen-bond acceptors (Lipinski definition) is 3. The Bertz CT molecular complexity index is 800. The average Bonchev–Trinajstić information content (AvgIpc) is 2.68. The number of rotatable bonds is 3. The number of carbonyl (C=O) groups is 1. The Hall–Kier alpha value is -1.81. The molecule has 156 valence electrons. The molecule has 28 heavy (non-hydrogen) atoms. The zero-order valence-electron chi connectivity index (χ0n) is 15.4. The highest BCUT2D eigenvalue weighted by molar-refractivity contribution is 7.89. The molecule has 1 saturated heterocycles. The average molecular weight is 419 g/mol. The Kier molecular flexibility index (Phi) is 6.18. The highest BCUT2D eigenvalue weighted by Crippen LogP contribution is 2.31. The van der Waals surface area contributed by atoms with Crippen molar-refractivity contribution in [3.8, 4) is 0 Å². The second kappa shape index (κ2) is 8.28. The molecular weight excluding hydrogens is 395 g/mol. The molecule has 0 radical (unpaired) electrons. The quantitative estimate of drug-likeness (QED) is 0.819. The van der Waals surface area contributed by atoms with Gasteiger partial charge in [-0.15, -0.1) is 0 Å². The molecule has 6 nitrogen and oxygen atoms in total. The molecular formula is C18H24F3N3O3S. The van der Waals surface area contributed by atoms with Crippen molar-refractivity contribution >= 4 is 16.1 Å². The first-order chi connectivity index (χ1) is 13.2. The number of carbonyl (C=O) groups excluding carboxylic acids is 1. The predicted molar refractivity (Wildman–Crippen MR) is 97.2 cm³/mol. The summed E-state index contributed by atoms with van der Waals surface area (Å²) in [6, 6.07) is 3.69. The van der Waals surface area contributed by atoms with E-state index in [-0.39, 0.29) is 43.1 Å². The van der Waals surface area contributed by atoms with E-state index in [1.165, 1.54) is 6.42 Å². The Labute approximate surface area is 162 Å². The van der Waals surface area contributed by atoms with Gasteiger partial charge in [0, 0.05) is 32.2 Å². The second-order valence-electron chi connectivity index (χ2n) is 7.20. The van der Waals surface area contributed by atoms with Gasteiger partial charge < -0.3 is 10.2 Å². The lowest BCUT2D eigenvalue weighted by atomic mass is 9.96. The molecule has 2 fully saturated rings. The van der Waals surface area contributed by atoms with Gasteiger partial charge in [-0.3, -0.25) is 0 Å². The first-order valence-electron chi connectivity index (χ1n) is 9.41. The zero-order chi connectivity index (χ0) is 20.4. The largest absolute Gasteiger partial charge is 0.416 e. The topological polar surface area (TPSA) is 69.7 Å². The first-order valence-corrected chi connectivity index (χ1v) is 10.8. The van der Waals surface area contributed by atoms with Crippen LogP contribution >= 0.6 is 0 Å². The van der Waals surface area contributed by atoms with E-state index < -0.39 is 21.8 Å². The molecule has 0 unspecified atom stereocenters. The Balaban J connectivity index is 1.61. The first kappa shape index (κ1) is 20.9. The van der Waals surface area contributed by atoms with Crippen molar-refractivity contribution in [2.75, 3.05) is 26.2 Å². The van der Waals surface area contributed by atoms with Crippen LogP contribution in [0.5, 0.6) is 0 Å². The summed E-state index contributed by atoms with van der Waals surface area (Å²) in [5.41, 5.74) is -1.00. The van der Waals surface area contributed by atoms with Crippen molar-refractivity contribution in [1.29, 1.82) is 0 Å². The van der Waals surface area contributed by atoms with Crippen LogP contribution in [0.15, 0.2) is 29.2 Å². The van der Waals surface area contributed by atoms with Crippen molar-refractivity contribution < 1.29 is 26.4 Å². The molecule has 1 N–H and O–H groups in total. The summed E-state index contributed by atoms with van der Waals surface area (Å²) in [6.07, 6.45) is 0.660. The molecule has 1 saturated carbocycles. The molecule has 1 aromatic rings. The summed E-state index contributed by atoms with van der Waals surface area (Å²) in [6.45, 7) is 0.515. The number of urea groups is 1. The summed E-state index contributed by atoms with van der Waals surface area (Å²) in [7, 11) is -4.05. The van der Waals surface area contributed by atoms with Crippen LogP contribution in [0.3, 0.4) is 0 Å². The Morgan fingerprint density at radius 1 is 1.04 bits per heavy atom. The minimum absolute atomic E-state index is 0.0522. The van der Waals surface area contributed by atoms with Crippen LogP contribution in [0, 0.1) is 0 Å². The van der Waals surface area contributed by atoms with Crippen LogP contribution in [-0.2, 0) is 16.2 Å². The standard InChI is InChI=1S/C18H24F3N3O3S/c19-18(20,21)14-5-4-8-16(13-14)28(26,27)24-11-9-23(10-12-24)17(25)22-15-6-2-1-3-7-15/h4-5,8,13,15H,1-3,6-7,9-12H2,(H,22,25). The third kappa shape index (κ3) is 4.78. The number of hydrogen-bond donors (Lipinski definition) is 1. The van der Waals surface area contributed by atoms with Crippen LogP contribution in [0.2, 0.25) is 0 Å². The van der Waals surface area contributed by atoms with Crippen molar-refractivity contribution in [3.05, 3.63) is 29.8 Å². The molecule has 3 rings (SSSR count). The summed E-state index contributed by atoms with van der Waals surface area (Å²) in [5, 5.41) is 2.99. The van der Waals surface area contributed by atoms with Gasteiger partial charge in [0.15, 0.2) is 0 Å². The highest BCUT2D eigenvalue weighted by Gasteiger charge is 2.34. The lowest BCUT2D eigenvalue weighted by molar-refractivity contribution is -0.137. The predicted octanol–water partition coefficient (Wildman–Crippen LogP) is 3.05. The number of sulfonamides is 1. The van der Waals surface area contributed by atoms with Gasteiger partial charge in [0.05, 0.1) is 10.5 Å². The van der Waals surface area contributed by atoms with Crippen LogP contribution in [-0.4, -0.2) is 55.9 Å². The molecule has 0 atom stereocenters. The fraction of sp³-hybridized carbons (Fsp3) is 0.611. The van der Waals surface area contributed by atoms with Gasteiger partial charge in [-0.1, -0.05) is 25.3 Å². The van der Waals surface area contributed by atoms with Gasteiger partial charge in [-0.05, 0) is 31.0 Å². The van der Waals surface area contributed by atoms with E-state index in [9.17, 15) is 26.4 Å².